The molecule has 1 heterocycles. The first kappa shape index (κ1) is 14.1. The Morgan fingerprint density at radius 2 is 2.09 bits per heavy atom. The third-order valence-corrected chi connectivity index (χ3v) is 3.21. The van der Waals surface area contributed by atoms with Crippen molar-refractivity contribution in [3.63, 3.8) is 0 Å². The Bertz CT molecular complexity index is 746. The molecule has 0 spiro atoms. The summed E-state index contributed by atoms with van der Waals surface area (Å²) in [6.45, 7) is 0.826. The van der Waals surface area contributed by atoms with E-state index >= 15 is 0 Å². The van der Waals surface area contributed by atoms with Crippen LogP contribution >= 0.6 is 0 Å². The molecule has 5 nitrogen and oxygen atoms in total. The number of carbonyl (C=O) groups excluding carboxylic acids is 2. The molecule has 2 N–H and O–H groups in total. The number of anilines is 1. The Labute approximate surface area is 126 Å². The minimum atomic E-state index is -0.484. The third kappa shape index (κ3) is 2.90. The number of hydrogen-bond acceptors (Lipinski definition) is 3. The molecule has 22 heavy (non-hydrogen) atoms. The van der Waals surface area contributed by atoms with Crippen molar-refractivity contribution in [2.75, 3.05) is 18.5 Å². The molecule has 0 radical (unpaired) electrons. The smallest absolute Gasteiger partial charge is 0.255 e. The number of carbonyl (C=O) groups is 2. The fourth-order valence-corrected chi connectivity index (χ4v) is 2.16. The highest BCUT2D eigenvalue weighted by Gasteiger charge is 2.17. The lowest BCUT2D eigenvalue weighted by Crippen LogP contribution is -2.24. The lowest BCUT2D eigenvalue weighted by molar-refractivity contribution is 0.0955. The molecule has 1 aliphatic rings. The maximum Gasteiger partial charge on any atom is 0.255 e. The first-order valence-corrected chi connectivity index (χ1v) is 6.75. The second kappa shape index (κ2) is 5.85. The van der Waals surface area contributed by atoms with Crippen LogP contribution in [0.4, 0.5) is 10.1 Å². The Balaban J connectivity index is 1.84. The monoisotopic (exact) mass is 300 g/mol. The van der Waals surface area contributed by atoms with Crippen LogP contribution in [-0.2, 0) is 0 Å². The van der Waals surface area contributed by atoms with Crippen LogP contribution in [0.3, 0.4) is 0 Å². The number of halogens is 1. The predicted octanol–water partition coefficient (Wildman–Crippen LogP) is 2.20. The molecule has 2 aromatic carbocycles. The van der Waals surface area contributed by atoms with Crippen molar-refractivity contribution in [2.24, 2.45) is 0 Å². The Hall–Kier alpha value is -2.89. The van der Waals surface area contributed by atoms with E-state index in [-0.39, 0.29) is 11.5 Å². The molecule has 2 aromatic rings. The molecule has 0 atom stereocenters. The number of benzene rings is 2. The largest absolute Gasteiger partial charge is 0.491 e. The molecule has 0 aliphatic carbocycles. The van der Waals surface area contributed by atoms with Gasteiger partial charge in [-0.25, -0.2) is 4.39 Å². The lowest BCUT2D eigenvalue weighted by Gasteiger charge is -2.09. The van der Waals surface area contributed by atoms with E-state index in [1.54, 1.807) is 12.1 Å². The van der Waals surface area contributed by atoms with Crippen molar-refractivity contribution in [3.05, 3.63) is 59.4 Å². The van der Waals surface area contributed by atoms with Crippen molar-refractivity contribution in [2.45, 2.75) is 0 Å². The lowest BCUT2D eigenvalue weighted by atomic mass is 10.1. The van der Waals surface area contributed by atoms with E-state index in [1.165, 1.54) is 24.3 Å². The molecule has 6 heteroatoms. The van der Waals surface area contributed by atoms with Gasteiger partial charge < -0.3 is 15.4 Å². The van der Waals surface area contributed by atoms with Gasteiger partial charge in [0.05, 0.1) is 12.1 Å². The van der Waals surface area contributed by atoms with Gasteiger partial charge in [0.15, 0.2) is 0 Å². The molecule has 0 fully saturated rings. The topological polar surface area (TPSA) is 67.4 Å². The normalized spacial score (nSPS) is 13.4. The highest BCUT2D eigenvalue weighted by atomic mass is 19.1. The minimum absolute atomic E-state index is 0.204. The minimum Gasteiger partial charge on any atom is -0.491 e. The van der Waals surface area contributed by atoms with Crippen LogP contribution in [0.25, 0.3) is 0 Å². The Morgan fingerprint density at radius 1 is 1.23 bits per heavy atom. The van der Waals surface area contributed by atoms with Gasteiger partial charge in [-0.15, -0.1) is 0 Å². The van der Waals surface area contributed by atoms with Gasteiger partial charge >= 0.3 is 0 Å². The summed E-state index contributed by atoms with van der Waals surface area (Å²) in [5.74, 6) is -0.718. The fourth-order valence-electron chi connectivity index (χ4n) is 2.16. The van der Waals surface area contributed by atoms with E-state index in [4.69, 9.17) is 4.74 Å². The van der Waals surface area contributed by atoms with Crippen molar-refractivity contribution >= 4 is 17.5 Å². The maximum atomic E-state index is 13.1. The van der Waals surface area contributed by atoms with Crippen molar-refractivity contribution in [1.82, 2.24) is 5.32 Å². The van der Waals surface area contributed by atoms with Gasteiger partial charge in [-0.3, -0.25) is 9.59 Å². The fraction of sp³-hybridized carbons (Fsp3) is 0.125. The van der Waals surface area contributed by atoms with Gasteiger partial charge in [-0.05, 0) is 36.4 Å². The summed E-state index contributed by atoms with van der Waals surface area (Å²) in [5, 5.41) is 5.33. The summed E-state index contributed by atoms with van der Waals surface area (Å²) in [5.41, 5.74) is 0.999. The zero-order chi connectivity index (χ0) is 15.5. The number of nitrogens with one attached hydrogen (secondary N) is 2. The molecule has 0 unspecified atom stereocenters. The number of rotatable bonds is 2. The summed E-state index contributed by atoms with van der Waals surface area (Å²) in [6.07, 6.45) is 0. The SMILES string of the molecule is O=C(Nc1ccc2c(c1)C(=O)NCCO2)c1cccc(F)c1. The number of ether oxygens (including phenoxy) is 1. The quantitative estimate of drug-likeness (QED) is 0.893. The number of amides is 2. The van der Waals surface area contributed by atoms with Crippen LogP contribution in [0.5, 0.6) is 5.75 Å². The van der Waals surface area contributed by atoms with Crippen LogP contribution in [0.1, 0.15) is 20.7 Å². The van der Waals surface area contributed by atoms with E-state index in [0.717, 1.165) is 6.07 Å². The molecule has 1 aliphatic heterocycles. The molecule has 0 saturated heterocycles. The first-order chi connectivity index (χ1) is 10.6. The molecule has 0 bridgehead atoms. The van der Waals surface area contributed by atoms with Crippen molar-refractivity contribution in [1.29, 1.82) is 0 Å². The Kier molecular flexibility index (Phi) is 3.74. The van der Waals surface area contributed by atoms with Crippen LogP contribution in [0, 0.1) is 5.82 Å². The molecule has 3 rings (SSSR count). The molecule has 112 valence electrons. The average Bonchev–Trinajstić information content (AvgIpc) is 2.69. The summed E-state index contributed by atoms with van der Waals surface area (Å²) >= 11 is 0. The molecular weight excluding hydrogens is 287 g/mol. The molecule has 0 aromatic heterocycles. The van der Waals surface area contributed by atoms with Gasteiger partial charge in [0.25, 0.3) is 11.8 Å². The predicted molar refractivity (Wildman–Crippen MR) is 78.6 cm³/mol. The van der Waals surface area contributed by atoms with Gasteiger partial charge in [0.2, 0.25) is 0 Å². The third-order valence-electron chi connectivity index (χ3n) is 3.21. The maximum absolute atomic E-state index is 13.1. The highest BCUT2D eigenvalue weighted by molar-refractivity contribution is 6.05. The van der Waals surface area contributed by atoms with E-state index in [9.17, 15) is 14.0 Å². The van der Waals surface area contributed by atoms with Crippen molar-refractivity contribution < 1.29 is 18.7 Å². The highest BCUT2D eigenvalue weighted by Crippen LogP contribution is 2.24. The van der Waals surface area contributed by atoms with E-state index < -0.39 is 11.7 Å². The average molecular weight is 300 g/mol. The zero-order valence-corrected chi connectivity index (χ0v) is 11.6. The Morgan fingerprint density at radius 3 is 2.91 bits per heavy atom. The number of hydrogen-bond donors (Lipinski definition) is 2. The number of fused-ring (bicyclic) bond motifs is 1. The zero-order valence-electron chi connectivity index (χ0n) is 11.6. The van der Waals surface area contributed by atoms with E-state index in [2.05, 4.69) is 10.6 Å². The van der Waals surface area contributed by atoms with Crippen molar-refractivity contribution in [3.8, 4) is 5.75 Å². The van der Waals surface area contributed by atoms with Gasteiger partial charge in [0.1, 0.15) is 18.2 Å². The summed E-state index contributed by atoms with van der Waals surface area (Å²) < 4.78 is 18.6. The van der Waals surface area contributed by atoms with Crippen LogP contribution in [-0.4, -0.2) is 25.0 Å². The first-order valence-electron chi connectivity index (χ1n) is 6.75. The second-order valence-corrected chi connectivity index (χ2v) is 4.78. The summed E-state index contributed by atoms with van der Waals surface area (Å²) in [7, 11) is 0. The summed E-state index contributed by atoms with van der Waals surface area (Å²) in [4.78, 5) is 24.0. The van der Waals surface area contributed by atoms with Gasteiger partial charge in [-0.2, -0.15) is 0 Å². The van der Waals surface area contributed by atoms with Gasteiger partial charge in [-0.1, -0.05) is 6.07 Å². The molecule has 2 amide bonds. The summed E-state index contributed by atoms with van der Waals surface area (Å²) in [6, 6.07) is 10.2. The van der Waals surface area contributed by atoms with E-state index in [1.807, 2.05) is 0 Å². The second-order valence-electron chi connectivity index (χ2n) is 4.78. The molecular formula is C16H13FN2O3. The molecule has 0 saturated carbocycles. The standard InChI is InChI=1S/C16H13FN2O3/c17-11-3-1-2-10(8-11)15(20)19-12-4-5-14-13(9-12)16(21)18-6-7-22-14/h1-5,8-9H,6-7H2,(H,18,21)(H,19,20). The van der Waals surface area contributed by atoms with Crippen LogP contribution in [0.15, 0.2) is 42.5 Å². The van der Waals surface area contributed by atoms with Gasteiger partial charge in [0, 0.05) is 11.3 Å². The van der Waals surface area contributed by atoms with E-state index in [0.29, 0.717) is 30.2 Å². The van der Waals surface area contributed by atoms with Crippen LogP contribution in [0.2, 0.25) is 0 Å². The van der Waals surface area contributed by atoms with Crippen LogP contribution < -0.4 is 15.4 Å².